The highest BCUT2D eigenvalue weighted by Crippen LogP contribution is 2.29. The van der Waals surface area contributed by atoms with Crippen LogP contribution in [0.25, 0.3) is 11.1 Å². The molecule has 0 saturated heterocycles. The molecule has 2 aromatic rings. The van der Waals surface area contributed by atoms with E-state index in [-0.39, 0.29) is 0 Å². The van der Waals surface area contributed by atoms with Gasteiger partial charge in [-0.05, 0) is 48.2 Å². The van der Waals surface area contributed by atoms with E-state index >= 15 is 0 Å². The highest BCUT2D eigenvalue weighted by Gasteiger charge is 2.06. The maximum atomic E-state index is 6.03. The predicted octanol–water partition coefficient (Wildman–Crippen LogP) is 3.13. The lowest BCUT2D eigenvalue weighted by atomic mass is 9.97. The van der Waals surface area contributed by atoms with Gasteiger partial charge in [-0.25, -0.2) is 0 Å². The van der Waals surface area contributed by atoms with Crippen molar-refractivity contribution in [3.8, 4) is 11.1 Å². The minimum Gasteiger partial charge on any atom is -0.399 e. The summed E-state index contributed by atoms with van der Waals surface area (Å²) >= 11 is 0. The number of benzene rings is 2. The summed E-state index contributed by atoms with van der Waals surface area (Å²) in [6.07, 6.45) is 0. The standard InChI is InChI=1S/C14H16N2/c1-9-6-7-13(10(2)14(9)16)11-4-3-5-12(15)8-11/h3-8H,15-16H2,1-2H3. The summed E-state index contributed by atoms with van der Waals surface area (Å²) in [4.78, 5) is 0. The van der Waals surface area contributed by atoms with Crippen molar-refractivity contribution in [2.75, 3.05) is 11.5 Å². The highest BCUT2D eigenvalue weighted by atomic mass is 14.6. The Bertz CT molecular complexity index is 530. The molecule has 0 aliphatic carbocycles. The molecule has 0 bridgehead atoms. The lowest BCUT2D eigenvalue weighted by Crippen LogP contribution is -1.96. The summed E-state index contributed by atoms with van der Waals surface area (Å²) in [6.45, 7) is 4.06. The van der Waals surface area contributed by atoms with Gasteiger partial charge in [0.25, 0.3) is 0 Å². The summed E-state index contributed by atoms with van der Waals surface area (Å²) in [6, 6.07) is 12.0. The number of hydrogen-bond acceptors (Lipinski definition) is 2. The van der Waals surface area contributed by atoms with Gasteiger partial charge in [-0.1, -0.05) is 24.3 Å². The SMILES string of the molecule is Cc1ccc(-c2cccc(N)c2)c(C)c1N. The summed E-state index contributed by atoms with van der Waals surface area (Å²) in [7, 11) is 0. The second kappa shape index (κ2) is 3.89. The molecule has 0 unspecified atom stereocenters. The average Bonchev–Trinajstić information content (AvgIpc) is 2.26. The lowest BCUT2D eigenvalue weighted by Gasteiger charge is -2.11. The molecule has 0 aromatic heterocycles. The van der Waals surface area contributed by atoms with Crippen LogP contribution < -0.4 is 11.5 Å². The van der Waals surface area contributed by atoms with Crippen LogP contribution in [0.2, 0.25) is 0 Å². The maximum Gasteiger partial charge on any atom is 0.0379 e. The third-order valence-electron chi connectivity index (χ3n) is 2.93. The number of nitrogen functional groups attached to an aromatic ring is 2. The van der Waals surface area contributed by atoms with Gasteiger partial charge in [0.15, 0.2) is 0 Å². The minimum atomic E-state index is 0.774. The molecule has 2 rings (SSSR count). The quantitative estimate of drug-likeness (QED) is 0.713. The Balaban J connectivity index is 2.61. The molecule has 0 spiro atoms. The second-order valence-corrected chi connectivity index (χ2v) is 4.09. The van der Waals surface area contributed by atoms with Crippen molar-refractivity contribution in [1.29, 1.82) is 0 Å². The van der Waals surface area contributed by atoms with E-state index in [0.717, 1.165) is 33.6 Å². The van der Waals surface area contributed by atoms with Gasteiger partial charge in [0.1, 0.15) is 0 Å². The first kappa shape index (κ1) is 10.6. The molecule has 0 atom stereocenters. The third kappa shape index (κ3) is 1.74. The van der Waals surface area contributed by atoms with Crippen molar-refractivity contribution in [1.82, 2.24) is 0 Å². The predicted molar refractivity (Wildman–Crippen MR) is 70.2 cm³/mol. The molecule has 0 aliphatic rings. The molecular formula is C14H16N2. The van der Waals surface area contributed by atoms with E-state index in [1.165, 1.54) is 0 Å². The highest BCUT2D eigenvalue weighted by molar-refractivity contribution is 5.76. The molecule has 2 aromatic carbocycles. The van der Waals surface area contributed by atoms with E-state index in [1.54, 1.807) is 0 Å². The van der Waals surface area contributed by atoms with Gasteiger partial charge < -0.3 is 11.5 Å². The number of anilines is 2. The molecule has 0 radical (unpaired) electrons. The van der Waals surface area contributed by atoms with Crippen molar-refractivity contribution in [2.45, 2.75) is 13.8 Å². The van der Waals surface area contributed by atoms with Crippen LogP contribution in [0.4, 0.5) is 11.4 Å². The first-order valence-electron chi connectivity index (χ1n) is 5.31. The molecule has 2 heteroatoms. The van der Waals surface area contributed by atoms with E-state index in [4.69, 9.17) is 11.5 Å². The van der Waals surface area contributed by atoms with Gasteiger partial charge in [-0.2, -0.15) is 0 Å². The largest absolute Gasteiger partial charge is 0.399 e. The van der Waals surface area contributed by atoms with Crippen LogP contribution in [0.15, 0.2) is 36.4 Å². The first-order valence-corrected chi connectivity index (χ1v) is 5.31. The molecule has 16 heavy (non-hydrogen) atoms. The van der Waals surface area contributed by atoms with Gasteiger partial charge in [-0.15, -0.1) is 0 Å². The van der Waals surface area contributed by atoms with E-state index in [1.807, 2.05) is 44.2 Å². The number of nitrogens with two attached hydrogens (primary N) is 2. The van der Waals surface area contributed by atoms with E-state index in [2.05, 4.69) is 6.07 Å². The molecule has 2 nitrogen and oxygen atoms in total. The van der Waals surface area contributed by atoms with Gasteiger partial charge in [-0.3, -0.25) is 0 Å². The zero-order valence-corrected chi connectivity index (χ0v) is 9.62. The van der Waals surface area contributed by atoms with Gasteiger partial charge in [0, 0.05) is 11.4 Å². The molecule has 0 saturated carbocycles. The van der Waals surface area contributed by atoms with Crippen LogP contribution in [-0.2, 0) is 0 Å². The zero-order chi connectivity index (χ0) is 11.7. The Labute approximate surface area is 95.9 Å². The Kier molecular flexibility index (Phi) is 2.57. The Hall–Kier alpha value is -1.96. The Morgan fingerprint density at radius 1 is 0.938 bits per heavy atom. The molecule has 0 aliphatic heterocycles. The van der Waals surface area contributed by atoms with Crippen LogP contribution in [0.1, 0.15) is 11.1 Å². The molecular weight excluding hydrogens is 196 g/mol. The molecule has 4 N–H and O–H groups in total. The van der Waals surface area contributed by atoms with E-state index in [0.29, 0.717) is 0 Å². The summed E-state index contributed by atoms with van der Waals surface area (Å²) in [5.41, 5.74) is 17.9. The zero-order valence-electron chi connectivity index (χ0n) is 9.62. The number of hydrogen-bond donors (Lipinski definition) is 2. The van der Waals surface area contributed by atoms with Crippen LogP contribution in [0, 0.1) is 13.8 Å². The molecule has 0 fully saturated rings. The Morgan fingerprint density at radius 3 is 2.38 bits per heavy atom. The fraction of sp³-hybridized carbons (Fsp3) is 0.143. The smallest absolute Gasteiger partial charge is 0.0379 e. The third-order valence-corrected chi connectivity index (χ3v) is 2.93. The Morgan fingerprint density at radius 2 is 1.69 bits per heavy atom. The van der Waals surface area contributed by atoms with Crippen molar-refractivity contribution in [3.05, 3.63) is 47.5 Å². The van der Waals surface area contributed by atoms with Gasteiger partial charge in [0.2, 0.25) is 0 Å². The summed E-state index contributed by atoms with van der Waals surface area (Å²) in [5, 5.41) is 0. The fourth-order valence-corrected chi connectivity index (χ4v) is 1.88. The number of rotatable bonds is 1. The van der Waals surface area contributed by atoms with Crippen LogP contribution >= 0.6 is 0 Å². The normalized spacial score (nSPS) is 10.4. The fourth-order valence-electron chi connectivity index (χ4n) is 1.88. The number of aryl methyl sites for hydroxylation is 1. The van der Waals surface area contributed by atoms with Crippen LogP contribution in [0.5, 0.6) is 0 Å². The van der Waals surface area contributed by atoms with Crippen molar-refractivity contribution in [3.63, 3.8) is 0 Å². The van der Waals surface area contributed by atoms with Crippen LogP contribution in [0.3, 0.4) is 0 Å². The maximum absolute atomic E-state index is 6.03. The van der Waals surface area contributed by atoms with Gasteiger partial charge in [0.05, 0.1) is 0 Å². The molecule has 0 heterocycles. The molecule has 82 valence electrons. The van der Waals surface area contributed by atoms with Crippen molar-refractivity contribution >= 4 is 11.4 Å². The van der Waals surface area contributed by atoms with E-state index < -0.39 is 0 Å². The van der Waals surface area contributed by atoms with Crippen LogP contribution in [-0.4, -0.2) is 0 Å². The van der Waals surface area contributed by atoms with Crippen molar-refractivity contribution < 1.29 is 0 Å². The summed E-state index contributed by atoms with van der Waals surface area (Å²) in [5.74, 6) is 0. The van der Waals surface area contributed by atoms with Crippen molar-refractivity contribution in [2.24, 2.45) is 0 Å². The van der Waals surface area contributed by atoms with Gasteiger partial charge >= 0.3 is 0 Å². The minimum absolute atomic E-state index is 0.774. The second-order valence-electron chi connectivity index (χ2n) is 4.09. The van der Waals surface area contributed by atoms with E-state index in [9.17, 15) is 0 Å². The lowest BCUT2D eigenvalue weighted by molar-refractivity contribution is 1.38. The average molecular weight is 212 g/mol. The first-order chi connectivity index (χ1) is 7.59. The summed E-state index contributed by atoms with van der Waals surface area (Å²) < 4.78 is 0. The monoisotopic (exact) mass is 212 g/mol. The molecule has 0 amide bonds. The topological polar surface area (TPSA) is 52.0 Å².